The van der Waals surface area contributed by atoms with E-state index >= 15 is 0 Å². The van der Waals surface area contributed by atoms with Gasteiger partial charge in [-0.1, -0.05) is 6.07 Å². The lowest BCUT2D eigenvalue weighted by molar-refractivity contribution is 0.271. The van der Waals surface area contributed by atoms with E-state index in [1.54, 1.807) is 6.21 Å². The normalized spacial score (nSPS) is 14.8. The SMILES string of the molecule is CCN(CC)c1ccc(C=NN2CCN(c3ccccn3)CC2)c(O)c1. The van der Waals surface area contributed by atoms with Gasteiger partial charge in [0.2, 0.25) is 0 Å². The second kappa shape index (κ2) is 8.56. The molecule has 2 heterocycles. The maximum Gasteiger partial charge on any atom is 0.128 e. The van der Waals surface area contributed by atoms with Gasteiger partial charge in [0.15, 0.2) is 0 Å². The summed E-state index contributed by atoms with van der Waals surface area (Å²) in [5.74, 6) is 1.28. The lowest BCUT2D eigenvalue weighted by Gasteiger charge is -2.33. The summed E-state index contributed by atoms with van der Waals surface area (Å²) in [6, 6.07) is 11.8. The van der Waals surface area contributed by atoms with Crippen molar-refractivity contribution in [2.75, 3.05) is 49.1 Å². The zero-order chi connectivity index (χ0) is 18.4. The third-order valence-electron chi connectivity index (χ3n) is 4.73. The summed E-state index contributed by atoms with van der Waals surface area (Å²) in [7, 11) is 0. The van der Waals surface area contributed by atoms with Gasteiger partial charge >= 0.3 is 0 Å². The standard InChI is InChI=1S/C20H27N5O/c1-3-23(4-2)18-9-8-17(19(26)15-18)16-22-25-13-11-24(12-14-25)20-7-5-6-10-21-20/h5-10,15-16,26H,3-4,11-14H2,1-2H3. The number of aromatic nitrogens is 1. The van der Waals surface area contributed by atoms with Crippen LogP contribution < -0.4 is 9.80 Å². The first-order chi connectivity index (χ1) is 12.7. The highest BCUT2D eigenvalue weighted by atomic mass is 16.3. The summed E-state index contributed by atoms with van der Waals surface area (Å²) >= 11 is 0. The van der Waals surface area contributed by atoms with Crippen molar-refractivity contribution in [2.24, 2.45) is 5.10 Å². The number of pyridine rings is 1. The Bertz CT molecular complexity index is 722. The molecular formula is C20H27N5O. The minimum Gasteiger partial charge on any atom is -0.507 e. The molecule has 0 saturated carbocycles. The fraction of sp³-hybridized carbons (Fsp3) is 0.400. The molecule has 3 rings (SSSR count). The van der Waals surface area contributed by atoms with Crippen LogP contribution in [-0.2, 0) is 0 Å². The van der Waals surface area contributed by atoms with E-state index in [0.29, 0.717) is 0 Å². The Labute approximate surface area is 155 Å². The number of hydrogen-bond acceptors (Lipinski definition) is 6. The van der Waals surface area contributed by atoms with Gasteiger partial charge in [-0.15, -0.1) is 0 Å². The molecule has 6 heteroatoms. The molecule has 0 bridgehead atoms. The molecular weight excluding hydrogens is 326 g/mol. The second-order valence-electron chi connectivity index (χ2n) is 6.29. The zero-order valence-corrected chi connectivity index (χ0v) is 15.5. The van der Waals surface area contributed by atoms with Crippen LogP contribution in [-0.4, -0.2) is 60.6 Å². The monoisotopic (exact) mass is 353 g/mol. The lowest BCUT2D eigenvalue weighted by atomic mass is 10.2. The Kier molecular flexibility index (Phi) is 5.94. The molecule has 0 atom stereocenters. The molecule has 0 unspecified atom stereocenters. The molecule has 1 saturated heterocycles. The molecule has 1 aliphatic rings. The van der Waals surface area contributed by atoms with Gasteiger partial charge in [-0.2, -0.15) is 5.10 Å². The summed E-state index contributed by atoms with van der Waals surface area (Å²) < 4.78 is 0. The predicted octanol–water partition coefficient (Wildman–Crippen LogP) is 2.79. The van der Waals surface area contributed by atoms with Crippen LogP contribution in [0, 0.1) is 0 Å². The number of aromatic hydroxyl groups is 1. The minimum absolute atomic E-state index is 0.269. The van der Waals surface area contributed by atoms with E-state index < -0.39 is 0 Å². The van der Waals surface area contributed by atoms with Crippen molar-refractivity contribution in [3.63, 3.8) is 0 Å². The predicted molar refractivity (Wildman–Crippen MR) is 107 cm³/mol. The largest absolute Gasteiger partial charge is 0.507 e. The highest BCUT2D eigenvalue weighted by Gasteiger charge is 2.16. The van der Waals surface area contributed by atoms with Crippen LogP contribution in [0.3, 0.4) is 0 Å². The van der Waals surface area contributed by atoms with Crippen molar-refractivity contribution < 1.29 is 5.11 Å². The molecule has 6 nitrogen and oxygen atoms in total. The fourth-order valence-corrected chi connectivity index (χ4v) is 3.15. The van der Waals surface area contributed by atoms with Gasteiger partial charge in [-0.05, 0) is 38.1 Å². The number of phenols is 1. The quantitative estimate of drug-likeness (QED) is 0.810. The van der Waals surface area contributed by atoms with Crippen LogP contribution in [0.1, 0.15) is 19.4 Å². The van der Waals surface area contributed by atoms with E-state index in [-0.39, 0.29) is 5.75 Å². The molecule has 1 fully saturated rings. The van der Waals surface area contributed by atoms with E-state index in [4.69, 9.17) is 0 Å². The van der Waals surface area contributed by atoms with Crippen molar-refractivity contribution in [3.05, 3.63) is 48.2 Å². The first-order valence-corrected chi connectivity index (χ1v) is 9.24. The van der Waals surface area contributed by atoms with E-state index in [1.807, 2.05) is 47.6 Å². The highest BCUT2D eigenvalue weighted by molar-refractivity contribution is 5.84. The summed E-state index contributed by atoms with van der Waals surface area (Å²) in [6.45, 7) is 9.52. The Morgan fingerprint density at radius 2 is 1.88 bits per heavy atom. The van der Waals surface area contributed by atoms with Gasteiger partial charge in [0.25, 0.3) is 0 Å². The fourth-order valence-electron chi connectivity index (χ4n) is 3.15. The van der Waals surface area contributed by atoms with Gasteiger partial charge in [-0.25, -0.2) is 4.98 Å². The number of nitrogens with zero attached hydrogens (tertiary/aromatic N) is 5. The Balaban J connectivity index is 1.59. The third kappa shape index (κ3) is 4.25. The van der Waals surface area contributed by atoms with Crippen LogP contribution in [0.15, 0.2) is 47.7 Å². The van der Waals surface area contributed by atoms with Gasteiger partial charge < -0.3 is 14.9 Å². The minimum atomic E-state index is 0.269. The van der Waals surface area contributed by atoms with E-state index in [2.05, 4.69) is 33.7 Å². The number of hydrogen-bond donors (Lipinski definition) is 1. The van der Waals surface area contributed by atoms with Crippen LogP contribution >= 0.6 is 0 Å². The Morgan fingerprint density at radius 3 is 2.50 bits per heavy atom. The smallest absolute Gasteiger partial charge is 0.128 e. The molecule has 2 aromatic rings. The number of phenolic OH excluding ortho intramolecular Hbond substituents is 1. The average molecular weight is 353 g/mol. The number of anilines is 2. The molecule has 1 aromatic heterocycles. The van der Waals surface area contributed by atoms with Crippen molar-refractivity contribution in [2.45, 2.75) is 13.8 Å². The van der Waals surface area contributed by atoms with Crippen LogP contribution in [0.25, 0.3) is 0 Å². The van der Waals surface area contributed by atoms with Gasteiger partial charge in [-0.3, -0.25) is 5.01 Å². The Morgan fingerprint density at radius 1 is 1.12 bits per heavy atom. The summed E-state index contributed by atoms with van der Waals surface area (Å²) in [6.07, 6.45) is 3.57. The second-order valence-corrected chi connectivity index (χ2v) is 6.29. The molecule has 26 heavy (non-hydrogen) atoms. The molecule has 0 radical (unpaired) electrons. The molecule has 1 aromatic carbocycles. The molecule has 1 aliphatic heterocycles. The zero-order valence-electron chi connectivity index (χ0n) is 15.5. The van der Waals surface area contributed by atoms with Crippen LogP contribution in [0.2, 0.25) is 0 Å². The first-order valence-electron chi connectivity index (χ1n) is 9.24. The van der Waals surface area contributed by atoms with Crippen molar-refractivity contribution >= 4 is 17.7 Å². The summed E-state index contributed by atoms with van der Waals surface area (Å²) in [5, 5.41) is 16.9. The van der Waals surface area contributed by atoms with Crippen molar-refractivity contribution in [1.82, 2.24) is 9.99 Å². The molecule has 0 amide bonds. The van der Waals surface area contributed by atoms with E-state index in [0.717, 1.165) is 56.3 Å². The lowest BCUT2D eigenvalue weighted by Crippen LogP contribution is -2.44. The Hall–Kier alpha value is -2.76. The van der Waals surface area contributed by atoms with E-state index in [1.165, 1.54) is 0 Å². The third-order valence-corrected chi connectivity index (χ3v) is 4.73. The summed E-state index contributed by atoms with van der Waals surface area (Å²) in [4.78, 5) is 8.87. The van der Waals surface area contributed by atoms with Gasteiger partial charge in [0, 0.05) is 49.7 Å². The highest BCUT2D eigenvalue weighted by Crippen LogP contribution is 2.23. The van der Waals surface area contributed by atoms with Gasteiger partial charge in [0.05, 0.1) is 19.3 Å². The maximum atomic E-state index is 10.3. The van der Waals surface area contributed by atoms with Crippen LogP contribution in [0.4, 0.5) is 11.5 Å². The summed E-state index contributed by atoms with van der Waals surface area (Å²) in [5.41, 5.74) is 1.78. The number of piperazine rings is 1. The molecule has 1 N–H and O–H groups in total. The molecule has 0 aliphatic carbocycles. The number of hydrazone groups is 1. The van der Waals surface area contributed by atoms with Crippen molar-refractivity contribution in [3.8, 4) is 5.75 Å². The van der Waals surface area contributed by atoms with Crippen LogP contribution in [0.5, 0.6) is 5.75 Å². The van der Waals surface area contributed by atoms with E-state index in [9.17, 15) is 5.11 Å². The van der Waals surface area contributed by atoms with Gasteiger partial charge in [0.1, 0.15) is 11.6 Å². The molecule has 0 spiro atoms. The maximum absolute atomic E-state index is 10.3. The number of benzene rings is 1. The molecule has 138 valence electrons. The average Bonchev–Trinajstić information content (AvgIpc) is 2.69. The topological polar surface area (TPSA) is 55.2 Å². The van der Waals surface area contributed by atoms with Crippen molar-refractivity contribution in [1.29, 1.82) is 0 Å². The first kappa shape index (κ1) is 18.0. The number of rotatable bonds is 6.